The van der Waals surface area contributed by atoms with Gasteiger partial charge in [-0.1, -0.05) is 23.7 Å². The fourth-order valence-electron chi connectivity index (χ4n) is 1.97. The molecule has 19 heavy (non-hydrogen) atoms. The number of nitrogens with one attached hydrogen (secondary N) is 2. The first-order valence-corrected chi connectivity index (χ1v) is 6.60. The van der Waals surface area contributed by atoms with E-state index in [1.54, 1.807) is 12.1 Å². The Hall–Kier alpha value is -1.36. The number of aliphatic hydroxyl groups is 1. The van der Waals surface area contributed by atoms with E-state index in [4.69, 9.17) is 11.6 Å². The highest BCUT2D eigenvalue weighted by Gasteiger charge is 2.09. The summed E-state index contributed by atoms with van der Waals surface area (Å²) >= 11 is 5.82. The molecule has 1 heterocycles. The summed E-state index contributed by atoms with van der Waals surface area (Å²) in [6.45, 7) is 5.15. The van der Waals surface area contributed by atoms with Gasteiger partial charge in [-0.3, -0.25) is 5.10 Å². The lowest BCUT2D eigenvalue weighted by Crippen LogP contribution is -2.21. The van der Waals surface area contributed by atoms with E-state index in [1.807, 2.05) is 26.0 Å². The average Bonchev–Trinajstić information content (AvgIpc) is 2.71. The highest BCUT2D eigenvalue weighted by molar-refractivity contribution is 6.30. The van der Waals surface area contributed by atoms with Crippen LogP contribution in [0.5, 0.6) is 0 Å². The molecule has 4 nitrogen and oxygen atoms in total. The molecular formula is C14H18ClN3O. The van der Waals surface area contributed by atoms with Crippen LogP contribution >= 0.6 is 11.6 Å². The zero-order valence-electron chi connectivity index (χ0n) is 11.1. The number of H-pyrrole nitrogens is 1. The predicted molar refractivity (Wildman–Crippen MR) is 76.2 cm³/mol. The Labute approximate surface area is 117 Å². The van der Waals surface area contributed by atoms with E-state index in [0.29, 0.717) is 18.1 Å². The van der Waals surface area contributed by atoms with Crippen molar-refractivity contribution >= 4 is 11.6 Å². The zero-order valence-corrected chi connectivity index (χ0v) is 11.8. The molecule has 0 saturated carbocycles. The Morgan fingerprint density at radius 1 is 1.32 bits per heavy atom. The average molecular weight is 280 g/mol. The molecular weight excluding hydrogens is 262 g/mol. The van der Waals surface area contributed by atoms with Crippen LogP contribution in [0, 0.1) is 13.8 Å². The van der Waals surface area contributed by atoms with Gasteiger partial charge in [0.2, 0.25) is 0 Å². The van der Waals surface area contributed by atoms with E-state index >= 15 is 0 Å². The van der Waals surface area contributed by atoms with E-state index in [-0.39, 0.29) is 0 Å². The van der Waals surface area contributed by atoms with Crippen LogP contribution in [0.3, 0.4) is 0 Å². The Morgan fingerprint density at radius 2 is 2.00 bits per heavy atom. The van der Waals surface area contributed by atoms with Crippen LogP contribution in [0.4, 0.5) is 0 Å². The van der Waals surface area contributed by atoms with Gasteiger partial charge >= 0.3 is 0 Å². The second-order valence-corrected chi connectivity index (χ2v) is 5.05. The fourth-order valence-corrected chi connectivity index (χ4v) is 2.10. The van der Waals surface area contributed by atoms with Crippen LogP contribution in [0.2, 0.25) is 5.02 Å². The standard InChI is InChI=1S/C14H18ClN3O/c1-9-13(10(2)18-17-9)7-16-8-14(19)11-3-5-12(15)6-4-11/h3-6,14,16,19H,7-8H2,1-2H3,(H,17,18)/t14-/m1/s1. The highest BCUT2D eigenvalue weighted by Crippen LogP contribution is 2.16. The molecule has 0 amide bonds. The molecule has 2 aromatic rings. The molecule has 2 rings (SSSR count). The molecule has 1 aromatic heterocycles. The van der Waals surface area contributed by atoms with Gasteiger partial charge < -0.3 is 10.4 Å². The summed E-state index contributed by atoms with van der Waals surface area (Å²) in [6.07, 6.45) is -0.537. The van der Waals surface area contributed by atoms with Crippen LogP contribution in [-0.4, -0.2) is 21.8 Å². The number of aliphatic hydroxyl groups excluding tert-OH is 1. The molecule has 0 aliphatic rings. The summed E-state index contributed by atoms with van der Waals surface area (Å²) in [5.74, 6) is 0. The summed E-state index contributed by atoms with van der Waals surface area (Å²) < 4.78 is 0. The minimum absolute atomic E-state index is 0.492. The maximum atomic E-state index is 10.0. The fraction of sp³-hybridized carbons (Fsp3) is 0.357. The van der Waals surface area contributed by atoms with Crippen molar-refractivity contribution in [1.29, 1.82) is 0 Å². The molecule has 102 valence electrons. The quantitative estimate of drug-likeness (QED) is 0.788. The smallest absolute Gasteiger partial charge is 0.0914 e. The Balaban J connectivity index is 1.87. The van der Waals surface area contributed by atoms with Crippen molar-refractivity contribution in [3.63, 3.8) is 0 Å². The summed E-state index contributed by atoms with van der Waals surface area (Å²) in [4.78, 5) is 0. The predicted octanol–water partition coefficient (Wildman–Crippen LogP) is 2.50. The first-order valence-electron chi connectivity index (χ1n) is 6.22. The number of halogens is 1. The SMILES string of the molecule is Cc1n[nH]c(C)c1CNC[C@@H](O)c1ccc(Cl)cc1. The lowest BCUT2D eigenvalue weighted by atomic mass is 10.1. The third kappa shape index (κ3) is 3.56. The highest BCUT2D eigenvalue weighted by atomic mass is 35.5. The number of benzene rings is 1. The molecule has 0 spiro atoms. The van der Waals surface area contributed by atoms with Crippen molar-refractivity contribution < 1.29 is 5.11 Å². The van der Waals surface area contributed by atoms with Gasteiger partial charge in [-0.25, -0.2) is 0 Å². The van der Waals surface area contributed by atoms with Gasteiger partial charge in [0.15, 0.2) is 0 Å². The number of hydrogen-bond acceptors (Lipinski definition) is 3. The third-order valence-electron chi connectivity index (χ3n) is 3.17. The molecule has 0 saturated heterocycles. The molecule has 1 atom stereocenters. The third-order valence-corrected chi connectivity index (χ3v) is 3.43. The molecule has 5 heteroatoms. The van der Waals surface area contributed by atoms with Crippen LogP contribution < -0.4 is 5.32 Å². The number of hydrogen-bond donors (Lipinski definition) is 3. The second kappa shape index (κ2) is 6.19. The van der Waals surface area contributed by atoms with Crippen LogP contribution in [-0.2, 0) is 6.54 Å². The van der Waals surface area contributed by atoms with Gasteiger partial charge in [0.1, 0.15) is 0 Å². The molecule has 0 aliphatic heterocycles. The van der Waals surface area contributed by atoms with Crippen molar-refractivity contribution in [2.75, 3.05) is 6.54 Å². The molecule has 0 unspecified atom stereocenters. The largest absolute Gasteiger partial charge is 0.387 e. The Kier molecular flexibility index (Phi) is 4.58. The summed E-state index contributed by atoms with van der Waals surface area (Å²) in [5.41, 5.74) is 4.07. The minimum atomic E-state index is -0.537. The first kappa shape index (κ1) is 14.1. The second-order valence-electron chi connectivity index (χ2n) is 4.61. The minimum Gasteiger partial charge on any atom is -0.387 e. The lowest BCUT2D eigenvalue weighted by molar-refractivity contribution is 0.174. The van der Waals surface area contributed by atoms with Crippen molar-refractivity contribution in [1.82, 2.24) is 15.5 Å². The van der Waals surface area contributed by atoms with Crippen LogP contribution in [0.15, 0.2) is 24.3 Å². The number of aryl methyl sites for hydroxylation is 2. The maximum Gasteiger partial charge on any atom is 0.0914 e. The van der Waals surface area contributed by atoms with Gasteiger partial charge in [-0.2, -0.15) is 5.10 Å². The van der Waals surface area contributed by atoms with Crippen molar-refractivity contribution in [3.8, 4) is 0 Å². The number of aromatic nitrogens is 2. The van der Waals surface area contributed by atoms with Gasteiger partial charge in [0, 0.05) is 29.4 Å². The van der Waals surface area contributed by atoms with Gasteiger partial charge in [0.25, 0.3) is 0 Å². The van der Waals surface area contributed by atoms with E-state index in [0.717, 1.165) is 22.5 Å². The molecule has 0 radical (unpaired) electrons. The van der Waals surface area contributed by atoms with Crippen LogP contribution in [0.1, 0.15) is 28.6 Å². The molecule has 0 aliphatic carbocycles. The summed E-state index contributed by atoms with van der Waals surface area (Å²) in [7, 11) is 0. The molecule has 1 aromatic carbocycles. The normalized spacial score (nSPS) is 12.6. The Morgan fingerprint density at radius 3 is 2.58 bits per heavy atom. The maximum absolute atomic E-state index is 10.0. The number of aromatic amines is 1. The Bertz CT molecular complexity index is 517. The monoisotopic (exact) mass is 279 g/mol. The van der Waals surface area contributed by atoms with Crippen molar-refractivity contribution in [3.05, 3.63) is 51.8 Å². The molecule has 0 bridgehead atoms. The van der Waals surface area contributed by atoms with Crippen molar-refractivity contribution in [2.24, 2.45) is 0 Å². The van der Waals surface area contributed by atoms with E-state index < -0.39 is 6.10 Å². The van der Waals surface area contributed by atoms with Crippen LogP contribution in [0.25, 0.3) is 0 Å². The summed E-state index contributed by atoms with van der Waals surface area (Å²) in [6, 6.07) is 7.24. The lowest BCUT2D eigenvalue weighted by Gasteiger charge is -2.12. The van der Waals surface area contributed by atoms with Gasteiger partial charge in [0.05, 0.1) is 11.8 Å². The first-order chi connectivity index (χ1) is 9.08. The zero-order chi connectivity index (χ0) is 13.8. The number of rotatable bonds is 5. The molecule has 3 N–H and O–H groups in total. The molecule has 0 fully saturated rings. The van der Waals surface area contributed by atoms with E-state index in [2.05, 4.69) is 15.5 Å². The number of nitrogens with zero attached hydrogens (tertiary/aromatic N) is 1. The topological polar surface area (TPSA) is 60.9 Å². The van der Waals surface area contributed by atoms with Gasteiger partial charge in [-0.05, 0) is 31.5 Å². The summed E-state index contributed by atoms with van der Waals surface area (Å²) in [5, 5.41) is 21.0. The van der Waals surface area contributed by atoms with E-state index in [9.17, 15) is 5.11 Å². The van der Waals surface area contributed by atoms with Gasteiger partial charge in [-0.15, -0.1) is 0 Å². The van der Waals surface area contributed by atoms with Crippen molar-refractivity contribution in [2.45, 2.75) is 26.5 Å². The van der Waals surface area contributed by atoms with E-state index in [1.165, 1.54) is 0 Å².